The summed E-state index contributed by atoms with van der Waals surface area (Å²) >= 11 is 9.07. The molecule has 2 heterocycles. The van der Waals surface area contributed by atoms with Gasteiger partial charge in [-0.2, -0.15) is 0 Å². The van der Waals surface area contributed by atoms with E-state index in [9.17, 15) is 4.79 Å². The number of rotatable bonds is 2. The van der Waals surface area contributed by atoms with Crippen molar-refractivity contribution < 1.29 is 9.53 Å². The number of halogens is 1. The number of amidine groups is 1. The van der Waals surface area contributed by atoms with Crippen LogP contribution in [0.15, 0.2) is 62.3 Å². The molecule has 0 N–H and O–H groups in total. The Balaban J connectivity index is 1.72. The van der Waals surface area contributed by atoms with Crippen LogP contribution in [-0.4, -0.2) is 37.2 Å². The van der Waals surface area contributed by atoms with Crippen molar-refractivity contribution in [3.63, 3.8) is 0 Å². The van der Waals surface area contributed by atoms with Crippen molar-refractivity contribution in [2.45, 2.75) is 4.90 Å². The summed E-state index contributed by atoms with van der Waals surface area (Å²) in [5.41, 5.74) is 1.69. The van der Waals surface area contributed by atoms with E-state index in [1.165, 1.54) is 11.8 Å². The van der Waals surface area contributed by atoms with Gasteiger partial charge < -0.3 is 9.64 Å². The second-order valence-electron chi connectivity index (χ2n) is 5.94. The van der Waals surface area contributed by atoms with E-state index in [0.29, 0.717) is 26.5 Å². The summed E-state index contributed by atoms with van der Waals surface area (Å²) < 4.78 is 5.36. The Labute approximate surface area is 171 Å². The topological polar surface area (TPSA) is 45.1 Å². The van der Waals surface area contributed by atoms with Crippen LogP contribution in [0.25, 0.3) is 0 Å². The third-order valence-corrected chi connectivity index (χ3v) is 6.99. The molecule has 0 unspecified atom stereocenters. The molecular formula is C19H16ClN3O2S2. The summed E-state index contributed by atoms with van der Waals surface area (Å²) in [5.74, 6) is 0.601. The summed E-state index contributed by atoms with van der Waals surface area (Å²) in [6.07, 6.45) is 0. The van der Waals surface area contributed by atoms with Gasteiger partial charge in [0.15, 0.2) is 5.17 Å². The number of thioether (sulfide) groups is 2. The van der Waals surface area contributed by atoms with E-state index >= 15 is 0 Å². The van der Waals surface area contributed by atoms with Crippen LogP contribution < -0.4 is 9.64 Å². The van der Waals surface area contributed by atoms with Crippen LogP contribution in [0.3, 0.4) is 0 Å². The Kier molecular flexibility index (Phi) is 4.84. The number of ether oxygens (including phenoxy) is 1. The number of para-hydroxylation sites is 2. The first-order valence-electron chi connectivity index (χ1n) is 8.12. The Morgan fingerprint density at radius 2 is 1.85 bits per heavy atom. The number of fused-ring (bicyclic) bond motifs is 1. The van der Waals surface area contributed by atoms with E-state index in [2.05, 4.69) is 4.99 Å². The molecule has 0 bridgehead atoms. The predicted molar refractivity (Wildman–Crippen MR) is 113 cm³/mol. The number of anilines is 1. The van der Waals surface area contributed by atoms with Gasteiger partial charge in [0.25, 0.3) is 5.91 Å². The zero-order valence-electron chi connectivity index (χ0n) is 14.9. The van der Waals surface area contributed by atoms with Crippen molar-refractivity contribution in [3.8, 4) is 5.75 Å². The van der Waals surface area contributed by atoms with Crippen molar-refractivity contribution in [1.29, 1.82) is 0 Å². The molecular weight excluding hydrogens is 402 g/mol. The van der Waals surface area contributed by atoms with Gasteiger partial charge in [-0.3, -0.25) is 9.69 Å². The van der Waals surface area contributed by atoms with Crippen LogP contribution in [-0.2, 0) is 4.79 Å². The quantitative estimate of drug-likeness (QED) is 0.646. The van der Waals surface area contributed by atoms with Crippen molar-refractivity contribution in [2.24, 2.45) is 4.99 Å². The van der Waals surface area contributed by atoms with Crippen LogP contribution in [0, 0.1) is 0 Å². The highest BCUT2D eigenvalue weighted by Gasteiger charge is 2.37. The first-order valence-corrected chi connectivity index (χ1v) is 10.1. The predicted octanol–water partition coefficient (Wildman–Crippen LogP) is 4.95. The van der Waals surface area contributed by atoms with Gasteiger partial charge in [0.1, 0.15) is 16.3 Å². The fraction of sp³-hybridized carbons (Fsp3) is 0.158. The number of carbonyl (C=O) groups excluding carboxylic acids is 1. The zero-order chi connectivity index (χ0) is 19.1. The van der Waals surface area contributed by atoms with E-state index in [1.54, 1.807) is 30.8 Å². The Bertz CT molecular complexity index is 1010. The van der Waals surface area contributed by atoms with Gasteiger partial charge >= 0.3 is 0 Å². The van der Waals surface area contributed by atoms with E-state index in [-0.39, 0.29) is 5.91 Å². The molecule has 0 aromatic heterocycles. The molecule has 0 radical (unpaired) electrons. The van der Waals surface area contributed by atoms with Crippen molar-refractivity contribution in [2.75, 3.05) is 26.1 Å². The summed E-state index contributed by atoms with van der Waals surface area (Å²) in [5, 5.41) is 2.18. The maximum Gasteiger partial charge on any atom is 0.269 e. The Morgan fingerprint density at radius 1 is 1.07 bits per heavy atom. The number of hydrogen-bond acceptors (Lipinski definition) is 6. The molecule has 8 heteroatoms. The molecule has 5 nitrogen and oxygen atoms in total. The summed E-state index contributed by atoms with van der Waals surface area (Å²) in [7, 11) is 5.29. The minimum Gasteiger partial charge on any atom is -0.494 e. The number of carbonyl (C=O) groups is 1. The van der Waals surface area contributed by atoms with E-state index in [4.69, 9.17) is 16.3 Å². The minimum absolute atomic E-state index is 0.0677. The maximum absolute atomic E-state index is 12.9. The largest absolute Gasteiger partial charge is 0.494 e. The van der Waals surface area contributed by atoms with Crippen molar-refractivity contribution in [1.82, 2.24) is 4.90 Å². The average Bonchev–Trinajstić information content (AvgIpc) is 3.13. The number of benzene rings is 2. The SMILES string of the molecule is COc1ccccc1N=C1S/C(=C2\Sc3ccc(Cl)cc3N2C)C(=O)N1C. The number of amides is 1. The van der Waals surface area contributed by atoms with Crippen LogP contribution in [0.5, 0.6) is 5.75 Å². The molecule has 138 valence electrons. The summed E-state index contributed by atoms with van der Waals surface area (Å²) in [6.45, 7) is 0. The minimum atomic E-state index is -0.0677. The number of hydrogen-bond donors (Lipinski definition) is 0. The van der Waals surface area contributed by atoms with Crippen LogP contribution >= 0.6 is 35.1 Å². The van der Waals surface area contributed by atoms with Crippen LogP contribution in [0.1, 0.15) is 0 Å². The molecule has 0 spiro atoms. The van der Waals surface area contributed by atoms with Gasteiger partial charge in [-0.25, -0.2) is 4.99 Å². The van der Waals surface area contributed by atoms with Gasteiger partial charge in [-0.1, -0.05) is 35.5 Å². The summed E-state index contributed by atoms with van der Waals surface area (Å²) in [4.78, 5) is 22.8. The fourth-order valence-corrected chi connectivity index (χ4v) is 5.29. The number of methoxy groups -OCH3 is 1. The molecule has 2 aliphatic heterocycles. The molecule has 1 saturated heterocycles. The molecule has 2 aliphatic rings. The second-order valence-corrected chi connectivity index (χ2v) is 8.38. The Hall–Kier alpha value is -2.09. The first-order chi connectivity index (χ1) is 13.0. The highest BCUT2D eigenvalue weighted by Crippen LogP contribution is 2.50. The molecule has 27 heavy (non-hydrogen) atoms. The van der Waals surface area contributed by atoms with Crippen LogP contribution in [0.2, 0.25) is 5.02 Å². The standard InChI is InChI=1S/C19H16ClN3O2S2/c1-22-13-10-11(20)8-9-15(13)26-18(22)16-17(24)23(2)19(27-16)21-12-6-4-5-7-14(12)25-3/h4-10H,1-3H3/b18-16-,21-19?. The van der Waals surface area contributed by atoms with Crippen molar-refractivity contribution in [3.05, 3.63) is 57.4 Å². The monoisotopic (exact) mass is 417 g/mol. The number of likely N-dealkylation sites (N-methyl/N-ethyl adjacent to an activating group) is 1. The second kappa shape index (κ2) is 7.14. The van der Waals surface area contributed by atoms with Gasteiger partial charge in [0.05, 0.1) is 17.8 Å². The fourth-order valence-electron chi connectivity index (χ4n) is 2.82. The molecule has 0 saturated carbocycles. The van der Waals surface area contributed by atoms with E-state index in [0.717, 1.165) is 15.6 Å². The molecule has 2 aromatic carbocycles. The molecule has 0 aliphatic carbocycles. The molecule has 2 aromatic rings. The normalized spacial score (nSPS) is 20.6. The van der Waals surface area contributed by atoms with Crippen LogP contribution in [0.4, 0.5) is 11.4 Å². The maximum atomic E-state index is 12.9. The summed E-state index contributed by atoms with van der Waals surface area (Å²) in [6, 6.07) is 13.2. The lowest BCUT2D eigenvalue weighted by Gasteiger charge is -2.14. The first kappa shape index (κ1) is 18.3. The number of aliphatic imine (C=N–C) groups is 1. The molecule has 1 fully saturated rings. The van der Waals surface area contributed by atoms with E-state index < -0.39 is 0 Å². The number of nitrogens with zero attached hydrogens (tertiary/aromatic N) is 3. The van der Waals surface area contributed by atoms with Gasteiger partial charge in [0, 0.05) is 24.0 Å². The zero-order valence-corrected chi connectivity index (χ0v) is 17.3. The van der Waals surface area contributed by atoms with Gasteiger partial charge in [-0.15, -0.1) is 0 Å². The lowest BCUT2D eigenvalue weighted by atomic mass is 10.3. The highest BCUT2D eigenvalue weighted by molar-refractivity contribution is 8.19. The third kappa shape index (κ3) is 3.20. The highest BCUT2D eigenvalue weighted by atomic mass is 35.5. The van der Waals surface area contributed by atoms with Gasteiger partial charge in [0.2, 0.25) is 0 Å². The smallest absolute Gasteiger partial charge is 0.269 e. The average molecular weight is 418 g/mol. The van der Waals surface area contributed by atoms with E-state index in [1.807, 2.05) is 54.4 Å². The molecule has 1 amide bonds. The van der Waals surface area contributed by atoms with Crippen molar-refractivity contribution >= 4 is 57.6 Å². The molecule has 0 atom stereocenters. The van der Waals surface area contributed by atoms with Gasteiger partial charge in [-0.05, 0) is 42.1 Å². The third-order valence-electron chi connectivity index (χ3n) is 4.27. The lowest BCUT2D eigenvalue weighted by molar-refractivity contribution is -0.121. The lowest BCUT2D eigenvalue weighted by Crippen LogP contribution is -2.24. The Morgan fingerprint density at radius 3 is 2.63 bits per heavy atom. The molecule has 4 rings (SSSR count).